The lowest BCUT2D eigenvalue weighted by atomic mass is 9.97. The Morgan fingerprint density at radius 2 is 1.67 bits per heavy atom. The Hall–Kier alpha value is -2.93. The van der Waals surface area contributed by atoms with E-state index in [-0.39, 0.29) is 0 Å². The van der Waals surface area contributed by atoms with Gasteiger partial charge in [0.25, 0.3) is 0 Å². The van der Waals surface area contributed by atoms with Crippen molar-refractivity contribution < 1.29 is 9.59 Å². The number of hydrogen-bond donors (Lipinski definition) is 2. The number of hydrogen-bond acceptors (Lipinski definition) is 5. The van der Waals surface area contributed by atoms with Crippen LogP contribution < -0.4 is 15.5 Å². The SMILES string of the molecule is O=C(NCCc1ccccc1)C(=O)NCC1CCN(c2nc3ccccc3s2)CC1. The average molecular weight is 423 g/mol. The third kappa shape index (κ3) is 5.16. The Labute approximate surface area is 180 Å². The van der Waals surface area contributed by atoms with Crippen molar-refractivity contribution in [1.29, 1.82) is 0 Å². The van der Waals surface area contributed by atoms with Crippen molar-refractivity contribution in [3.8, 4) is 0 Å². The number of carbonyl (C=O) groups excluding carboxylic acids is 2. The van der Waals surface area contributed by atoms with Crippen molar-refractivity contribution >= 4 is 38.5 Å². The highest BCUT2D eigenvalue weighted by atomic mass is 32.1. The summed E-state index contributed by atoms with van der Waals surface area (Å²) in [6.45, 7) is 2.84. The topological polar surface area (TPSA) is 74.3 Å². The molecular formula is C23H26N4O2S. The van der Waals surface area contributed by atoms with Crippen LogP contribution in [0.25, 0.3) is 10.2 Å². The molecule has 0 atom stereocenters. The highest BCUT2D eigenvalue weighted by Crippen LogP contribution is 2.31. The second kappa shape index (κ2) is 9.71. The van der Waals surface area contributed by atoms with Crippen molar-refractivity contribution in [2.45, 2.75) is 19.3 Å². The molecule has 30 heavy (non-hydrogen) atoms. The molecule has 3 aromatic rings. The van der Waals surface area contributed by atoms with Gasteiger partial charge in [0, 0.05) is 26.2 Å². The van der Waals surface area contributed by atoms with E-state index in [0.29, 0.717) is 25.4 Å². The molecule has 0 bridgehead atoms. The number of thiazole rings is 1. The van der Waals surface area contributed by atoms with Crippen molar-refractivity contribution in [2.24, 2.45) is 5.92 Å². The molecule has 1 aliphatic rings. The summed E-state index contributed by atoms with van der Waals surface area (Å²) in [6, 6.07) is 18.1. The van der Waals surface area contributed by atoms with Crippen molar-refractivity contribution in [1.82, 2.24) is 15.6 Å². The first-order chi connectivity index (χ1) is 14.7. The summed E-state index contributed by atoms with van der Waals surface area (Å²) in [6.07, 6.45) is 2.67. The smallest absolute Gasteiger partial charge is 0.309 e. The molecule has 1 aromatic heterocycles. The summed E-state index contributed by atoms with van der Waals surface area (Å²) in [7, 11) is 0. The Bertz CT molecular complexity index is 964. The fraction of sp³-hybridized carbons (Fsp3) is 0.348. The molecule has 0 spiro atoms. The minimum absolute atomic E-state index is 0.386. The fourth-order valence-corrected chi connectivity index (χ4v) is 4.70. The molecule has 1 saturated heterocycles. The first-order valence-corrected chi connectivity index (χ1v) is 11.2. The molecule has 2 heterocycles. The number of rotatable bonds is 6. The van der Waals surface area contributed by atoms with Crippen LogP contribution in [0.3, 0.4) is 0 Å². The summed E-state index contributed by atoms with van der Waals surface area (Å²) in [5, 5.41) is 6.55. The Kier molecular flexibility index (Phi) is 6.59. The number of fused-ring (bicyclic) bond motifs is 1. The van der Waals surface area contributed by atoms with E-state index in [0.717, 1.165) is 42.1 Å². The summed E-state index contributed by atoms with van der Waals surface area (Å²) < 4.78 is 1.21. The number of nitrogens with zero attached hydrogens (tertiary/aromatic N) is 2. The lowest BCUT2D eigenvalue weighted by Gasteiger charge is -2.31. The van der Waals surface area contributed by atoms with E-state index in [1.54, 1.807) is 11.3 Å². The van der Waals surface area contributed by atoms with Gasteiger partial charge < -0.3 is 15.5 Å². The molecule has 1 aliphatic heterocycles. The second-order valence-corrected chi connectivity index (χ2v) is 8.61. The molecule has 0 aliphatic carbocycles. The molecule has 2 N–H and O–H groups in total. The van der Waals surface area contributed by atoms with Crippen LogP contribution in [-0.2, 0) is 16.0 Å². The second-order valence-electron chi connectivity index (χ2n) is 7.60. The largest absolute Gasteiger partial charge is 0.348 e. The van der Waals surface area contributed by atoms with Gasteiger partial charge in [-0.15, -0.1) is 0 Å². The highest BCUT2D eigenvalue weighted by Gasteiger charge is 2.23. The molecule has 2 amide bonds. The van der Waals surface area contributed by atoms with Crippen LogP contribution >= 0.6 is 11.3 Å². The fourth-order valence-electron chi connectivity index (χ4n) is 3.69. The number of para-hydroxylation sites is 1. The molecule has 6 nitrogen and oxygen atoms in total. The van der Waals surface area contributed by atoms with E-state index in [4.69, 9.17) is 4.98 Å². The van der Waals surface area contributed by atoms with Gasteiger partial charge in [0.2, 0.25) is 0 Å². The van der Waals surface area contributed by atoms with Gasteiger partial charge in [-0.05, 0) is 42.9 Å². The molecule has 1 fully saturated rings. The summed E-state index contributed by atoms with van der Waals surface area (Å²) in [4.78, 5) is 31.1. The Balaban J connectivity index is 1.17. The zero-order chi connectivity index (χ0) is 20.8. The quantitative estimate of drug-likeness (QED) is 0.599. The van der Waals surface area contributed by atoms with Crippen LogP contribution in [0, 0.1) is 5.92 Å². The normalized spacial score (nSPS) is 14.6. The van der Waals surface area contributed by atoms with Gasteiger partial charge in [0.1, 0.15) is 0 Å². The van der Waals surface area contributed by atoms with E-state index in [2.05, 4.69) is 21.6 Å². The first-order valence-electron chi connectivity index (χ1n) is 10.4. The van der Waals surface area contributed by atoms with Crippen LogP contribution in [0.4, 0.5) is 5.13 Å². The number of piperidine rings is 1. The molecule has 0 unspecified atom stereocenters. The number of anilines is 1. The third-order valence-corrected chi connectivity index (χ3v) is 6.56. The lowest BCUT2D eigenvalue weighted by Crippen LogP contribution is -2.44. The highest BCUT2D eigenvalue weighted by molar-refractivity contribution is 7.22. The summed E-state index contributed by atoms with van der Waals surface area (Å²) >= 11 is 1.73. The molecule has 0 radical (unpaired) electrons. The molecule has 156 valence electrons. The van der Waals surface area contributed by atoms with Crippen LogP contribution in [0.15, 0.2) is 54.6 Å². The van der Waals surface area contributed by atoms with E-state index >= 15 is 0 Å². The number of nitrogens with one attached hydrogen (secondary N) is 2. The molecule has 4 rings (SSSR count). The maximum Gasteiger partial charge on any atom is 0.309 e. The summed E-state index contributed by atoms with van der Waals surface area (Å²) in [5.74, 6) is -0.716. The molecule has 0 saturated carbocycles. The molecular weight excluding hydrogens is 396 g/mol. The third-order valence-electron chi connectivity index (χ3n) is 5.47. The summed E-state index contributed by atoms with van der Waals surface area (Å²) in [5.41, 5.74) is 2.18. The van der Waals surface area contributed by atoms with E-state index in [1.165, 1.54) is 4.70 Å². The van der Waals surface area contributed by atoms with Crippen molar-refractivity contribution in [3.05, 3.63) is 60.2 Å². The predicted octanol–water partition coefficient (Wildman–Crippen LogP) is 2.99. The number of amides is 2. The number of benzene rings is 2. The average Bonchev–Trinajstić information content (AvgIpc) is 3.23. The molecule has 2 aromatic carbocycles. The van der Waals surface area contributed by atoms with E-state index in [1.807, 2.05) is 48.5 Å². The van der Waals surface area contributed by atoms with Gasteiger partial charge >= 0.3 is 11.8 Å². The minimum atomic E-state index is -0.558. The van der Waals surface area contributed by atoms with Gasteiger partial charge in [0.05, 0.1) is 10.2 Å². The minimum Gasteiger partial charge on any atom is -0.348 e. The van der Waals surface area contributed by atoms with Gasteiger partial charge in [-0.1, -0.05) is 53.8 Å². The van der Waals surface area contributed by atoms with Crippen LogP contribution in [0.1, 0.15) is 18.4 Å². The van der Waals surface area contributed by atoms with Gasteiger partial charge in [-0.3, -0.25) is 9.59 Å². The number of carbonyl (C=O) groups is 2. The van der Waals surface area contributed by atoms with Gasteiger partial charge in [-0.25, -0.2) is 4.98 Å². The van der Waals surface area contributed by atoms with Crippen molar-refractivity contribution in [2.75, 3.05) is 31.1 Å². The maximum atomic E-state index is 12.1. The zero-order valence-electron chi connectivity index (χ0n) is 16.8. The maximum absolute atomic E-state index is 12.1. The number of aromatic nitrogens is 1. The van der Waals surface area contributed by atoms with E-state index < -0.39 is 11.8 Å². The Morgan fingerprint density at radius 1 is 0.967 bits per heavy atom. The molecule has 7 heteroatoms. The zero-order valence-corrected chi connectivity index (χ0v) is 17.7. The first kappa shape index (κ1) is 20.3. The Morgan fingerprint density at radius 3 is 2.43 bits per heavy atom. The van der Waals surface area contributed by atoms with Gasteiger partial charge in [0.15, 0.2) is 5.13 Å². The van der Waals surface area contributed by atoms with E-state index in [9.17, 15) is 9.59 Å². The standard InChI is InChI=1S/C23H26N4O2S/c28-21(24-13-10-17-6-2-1-3-7-17)22(29)25-16-18-11-14-27(15-12-18)23-26-19-8-4-5-9-20(19)30-23/h1-9,18H,10-16H2,(H,24,28)(H,25,29). The van der Waals surface area contributed by atoms with Gasteiger partial charge in [-0.2, -0.15) is 0 Å². The van der Waals surface area contributed by atoms with Crippen LogP contribution in [-0.4, -0.2) is 43.0 Å². The van der Waals surface area contributed by atoms with Crippen LogP contribution in [0.5, 0.6) is 0 Å². The predicted molar refractivity (Wildman–Crippen MR) is 121 cm³/mol. The lowest BCUT2D eigenvalue weighted by molar-refractivity contribution is -0.139. The van der Waals surface area contributed by atoms with Crippen LogP contribution in [0.2, 0.25) is 0 Å². The monoisotopic (exact) mass is 422 g/mol. The van der Waals surface area contributed by atoms with Crippen molar-refractivity contribution in [3.63, 3.8) is 0 Å².